The van der Waals surface area contributed by atoms with Crippen LogP contribution in [-0.2, 0) is 14.8 Å². The molecule has 24 heavy (non-hydrogen) atoms. The highest BCUT2D eigenvalue weighted by Gasteiger charge is 2.34. The van der Waals surface area contributed by atoms with Crippen molar-refractivity contribution in [3.05, 3.63) is 59.4 Å². The van der Waals surface area contributed by atoms with Crippen LogP contribution >= 0.6 is 11.6 Å². The Labute approximate surface area is 144 Å². The first-order chi connectivity index (χ1) is 11.4. The predicted octanol–water partition coefficient (Wildman–Crippen LogP) is 2.56. The summed E-state index contributed by atoms with van der Waals surface area (Å²) in [7, 11) is -4.04. The summed E-state index contributed by atoms with van der Waals surface area (Å²) in [6.07, 6.45) is 0.0102. The minimum Gasteiger partial charge on any atom is -0.311 e. The fraction of sp³-hybridized carbons (Fsp3) is 0.188. The molecule has 0 spiro atoms. The maximum Gasteiger partial charge on any atom is 0.243 e. The molecule has 3 rings (SSSR count). The lowest BCUT2D eigenvalue weighted by Crippen LogP contribution is -2.37. The molecule has 0 aromatic heterocycles. The summed E-state index contributed by atoms with van der Waals surface area (Å²) >= 11 is 5.82. The minimum absolute atomic E-state index is 0.0102. The summed E-state index contributed by atoms with van der Waals surface area (Å²) in [6, 6.07) is 11.2. The maximum absolute atomic E-state index is 13.7. The van der Waals surface area contributed by atoms with E-state index in [4.69, 9.17) is 11.6 Å². The van der Waals surface area contributed by atoms with Gasteiger partial charge in [0.1, 0.15) is 10.7 Å². The number of sulfonamides is 1. The third kappa shape index (κ3) is 3.43. The van der Waals surface area contributed by atoms with E-state index in [0.29, 0.717) is 10.7 Å². The molecule has 5 nitrogen and oxygen atoms in total. The number of carbonyl (C=O) groups excluding carboxylic acids is 1. The Hall–Kier alpha value is -1.96. The average Bonchev–Trinajstić information content (AvgIpc) is 2.88. The zero-order valence-corrected chi connectivity index (χ0v) is 14.0. The quantitative estimate of drug-likeness (QED) is 0.902. The number of halogens is 2. The normalized spacial score (nSPS) is 18.2. The van der Waals surface area contributed by atoms with Crippen LogP contribution in [0.5, 0.6) is 0 Å². The molecule has 1 atom stereocenters. The molecule has 126 valence electrons. The van der Waals surface area contributed by atoms with Crippen molar-refractivity contribution in [2.24, 2.45) is 0 Å². The molecular formula is C16H14ClFN2O3S. The van der Waals surface area contributed by atoms with Gasteiger partial charge in [-0.1, -0.05) is 23.7 Å². The van der Waals surface area contributed by atoms with E-state index >= 15 is 0 Å². The van der Waals surface area contributed by atoms with E-state index in [2.05, 4.69) is 4.72 Å². The fourth-order valence-corrected chi connectivity index (χ4v) is 4.03. The SMILES string of the molecule is O=C1C[C@@H](NS(=O)(=O)c2ccccc2F)CN1c1ccc(Cl)cc1. The molecule has 0 aliphatic carbocycles. The molecule has 2 aromatic rings. The van der Waals surface area contributed by atoms with Crippen molar-refractivity contribution in [3.63, 3.8) is 0 Å². The van der Waals surface area contributed by atoms with Crippen LogP contribution in [0, 0.1) is 5.82 Å². The number of benzene rings is 2. The Kier molecular flexibility index (Phi) is 4.58. The van der Waals surface area contributed by atoms with Gasteiger partial charge in [-0.2, -0.15) is 0 Å². The number of amides is 1. The Morgan fingerprint density at radius 3 is 2.46 bits per heavy atom. The van der Waals surface area contributed by atoms with Crippen molar-refractivity contribution >= 4 is 33.2 Å². The van der Waals surface area contributed by atoms with Gasteiger partial charge in [-0.15, -0.1) is 0 Å². The second kappa shape index (κ2) is 6.51. The van der Waals surface area contributed by atoms with Gasteiger partial charge in [-0.3, -0.25) is 4.79 Å². The first-order valence-electron chi connectivity index (χ1n) is 7.19. The van der Waals surface area contributed by atoms with Gasteiger partial charge in [0.25, 0.3) is 0 Å². The monoisotopic (exact) mass is 368 g/mol. The van der Waals surface area contributed by atoms with Gasteiger partial charge in [0, 0.05) is 29.7 Å². The lowest BCUT2D eigenvalue weighted by molar-refractivity contribution is -0.117. The molecule has 1 aliphatic rings. The summed E-state index contributed by atoms with van der Waals surface area (Å²) in [6.45, 7) is 0.175. The van der Waals surface area contributed by atoms with E-state index in [9.17, 15) is 17.6 Å². The van der Waals surface area contributed by atoms with E-state index < -0.39 is 26.8 Å². The Balaban J connectivity index is 1.77. The van der Waals surface area contributed by atoms with Gasteiger partial charge in [0.2, 0.25) is 15.9 Å². The zero-order valence-electron chi connectivity index (χ0n) is 12.4. The van der Waals surface area contributed by atoms with Crippen LogP contribution in [0.2, 0.25) is 5.02 Å². The van der Waals surface area contributed by atoms with E-state index in [-0.39, 0.29) is 18.9 Å². The number of carbonyl (C=O) groups is 1. The van der Waals surface area contributed by atoms with Crippen molar-refractivity contribution in [2.75, 3.05) is 11.4 Å². The summed E-state index contributed by atoms with van der Waals surface area (Å²) in [4.78, 5) is 13.2. The Bertz CT molecular complexity index is 871. The number of nitrogens with one attached hydrogen (secondary N) is 1. The highest BCUT2D eigenvalue weighted by molar-refractivity contribution is 7.89. The molecule has 0 unspecified atom stereocenters. The molecule has 8 heteroatoms. The highest BCUT2D eigenvalue weighted by Crippen LogP contribution is 2.24. The van der Waals surface area contributed by atoms with Crippen LogP contribution < -0.4 is 9.62 Å². The summed E-state index contributed by atoms with van der Waals surface area (Å²) in [5.41, 5.74) is 0.636. The summed E-state index contributed by atoms with van der Waals surface area (Å²) < 4.78 is 40.7. The smallest absolute Gasteiger partial charge is 0.243 e. The van der Waals surface area contributed by atoms with Gasteiger partial charge in [0.15, 0.2) is 0 Å². The van der Waals surface area contributed by atoms with Crippen LogP contribution in [-0.4, -0.2) is 26.9 Å². The first kappa shape index (κ1) is 16.9. The molecule has 1 saturated heterocycles. The molecular weight excluding hydrogens is 355 g/mol. The largest absolute Gasteiger partial charge is 0.311 e. The van der Waals surface area contributed by atoms with Crippen LogP contribution in [0.3, 0.4) is 0 Å². The van der Waals surface area contributed by atoms with Crippen LogP contribution in [0.4, 0.5) is 10.1 Å². The molecule has 2 aromatic carbocycles. The van der Waals surface area contributed by atoms with E-state index in [1.54, 1.807) is 24.3 Å². The zero-order chi connectivity index (χ0) is 17.3. The topological polar surface area (TPSA) is 66.5 Å². The predicted molar refractivity (Wildman–Crippen MR) is 88.9 cm³/mol. The van der Waals surface area contributed by atoms with Crippen LogP contribution in [0.25, 0.3) is 0 Å². The molecule has 0 bridgehead atoms. The minimum atomic E-state index is -4.04. The Morgan fingerprint density at radius 2 is 1.79 bits per heavy atom. The summed E-state index contributed by atoms with van der Waals surface area (Å²) in [5.74, 6) is -1.04. The molecule has 1 amide bonds. The number of rotatable bonds is 4. The van der Waals surface area contributed by atoms with Gasteiger partial charge < -0.3 is 4.90 Å². The highest BCUT2D eigenvalue weighted by atomic mass is 35.5. The van der Waals surface area contributed by atoms with Gasteiger partial charge in [-0.05, 0) is 36.4 Å². The van der Waals surface area contributed by atoms with Crippen molar-refractivity contribution in [1.29, 1.82) is 0 Å². The van der Waals surface area contributed by atoms with Crippen molar-refractivity contribution in [3.8, 4) is 0 Å². The Morgan fingerprint density at radius 1 is 1.12 bits per heavy atom. The molecule has 1 N–H and O–H groups in total. The summed E-state index contributed by atoms with van der Waals surface area (Å²) in [5, 5.41) is 0.544. The van der Waals surface area contributed by atoms with Crippen molar-refractivity contribution in [2.45, 2.75) is 17.4 Å². The average molecular weight is 369 g/mol. The molecule has 1 heterocycles. The number of hydrogen-bond acceptors (Lipinski definition) is 3. The molecule has 0 saturated carbocycles. The number of anilines is 1. The second-order valence-corrected chi connectivity index (χ2v) is 7.55. The van der Waals surface area contributed by atoms with E-state index in [1.165, 1.54) is 23.1 Å². The lowest BCUT2D eigenvalue weighted by atomic mass is 10.3. The van der Waals surface area contributed by atoms with Crippen molar-refractivity contribution < 1.29 is 17.6 Å². The molecule has 1 aliphatic heterocycles. The lowest BCUT2D eigenvalue weighted by Gasteiger charge is -2.17. The fourth-order valence-electron chi connectivity index (χ4n) is 2.60. The van der Waals surface area contributed by atoms with Crippen molar-refractivity contribution in [1.82, 2.24) is 4.72 Å². The maximum atomic E-state index is 13.7. The van der Waals surface area contributed by atoms with E-state index in [1.807, 2.05) is 0 Å². The van der Waals surface area contributed by atoms with Gasteiger partial charge in [-0.25, -0.2) is 17.5 Å². The van der Waals surface area contributed by atoms with E-state index in [0.717, 1.165) is 6.07 Å². The molecule has 0 radical (unpaired) electrons. The van der Waals surface area contributed by atoms with Crippen LogP contribution in [0.1, 0.15) is 6.42 Å². The van der Waals surface area contributed by atoms with Gasteiger partial charge in [0.05, 0.1) is 0 Å². The number of nitrogens with zero attached hydrogens (tertiary/aromatic N) is 1. The number of hydrogen-bond donors (Lipinski definition) is 1. The third-order valence-corrected chi connectivity index (χ3v) is 5.52. The third-order valence-electron chi connectivity index (χ3n) is 3.71. The standard InChI is InChI=1S/C16H14ClFN2O3S/c17-11-5-7-13(8-6-11)20-10-12(9-16(20)21)19-24(22,23)15-4-2-1-3-14(15)18/h1-8,12,19H,9-10H2/t12-/m1/s1. The molecule has 1 fully saturated rings. The first-order valence-corrected chi connectivity index (χ1v) is 9.06. The second-order valence-electron chi connectivity index (χ2n) is 5.43. The van der Waals surface area contributed by atoms with Crippen LogP contribution in [0.15, 0.2) is 53.4 Å². The van der Waals surface area contributed by atoms with Gasteiger partial charge >= 0.3 is 0 Å².